The molecular weight excluding hydrogens is 663 g/mol. The molecule has 0 saturated carbocycles. The molecule has 5 aromatic rings. The average Bonchev–Trinajstić information content (AvgIpc) is 3.26. The van der Waals surface area contributed by atoms with Crippen LogP contribution in [0, 0.1) is 17.8 Å². The second-order valence-corrected chi connectivity index (χ2v) is 15.8. The zero-order valence-corrected chi connectivity index (χ0v) is 31.0. The lowest BCUT2D eigenvalue weighted by Crippen LogP contribution is -2.37. The van der Waals surface area contributed by atoms with Gasteiger partial charge >= 0.3 is 0 Å². The molecule has 0 fully saturated rings. The van der Waals surface area contributed by atoms with Crippen molar-refractivity contribution in [1.82, 2.24) is 0 Å². The van der Waals surface area contributed by atoms with Crippen LogP contribution in [0.2, 0.25) is 0 Å². The normalized spacial score (nSPS) is 21.5. The van der Waals surface area contributed by atoms with E-state index in [4.69, 9.17) is 0 Å². The van der Waals surface area contributed by atoms with Gasteiger partial charge in [-0.1, -0.05) is 163 Å². The van der Waals surface area contributed by atoms with Crippen LogP contribution >= 0.6 is 0 Å². The Labute approximate surface area is 324 Å². The Morgan fingerprint density at radius 2 is 1.38 bits per heavy atom. The van der Waals surface area contributed by atoms with Crippen LogP contribution in [0.15, 0.2) is 187 Å². The van der Waals surface area contributed by atoms with Crippen LogP contribution < -0.4 is 15.3 Å². The van der Waals surface area contributed by atoms with Crippen molar-refractivity contribution < 1.29 is 0 Å². The van der Waals surface area contributed by atoms with Crippen LogP contribution in [-0.4, -0.2) is 0 Å². The summed E-state index contributed by atoms with van der Waals surface area (Å²) < 4.78 is 0. The second kappa shape index (κ2) is 13.3. The molecule has 1 heteroatoms. The first-order valence-electron chi connectivity index (χ1n) is 20.1. The Kier molecular flexibility index (Phi) is 7.80. The summed E-state index contributed by atoms with van der Waals surface area (Å²) in [7, 11) is 0. The number of allylic oxidation sites excluding steroid dienone is 14. The van der Waals surface area contributed by atoms with Crippen molar-refractivity contribution in [3.05, 3.63) is 219 Å². The van der Waals surface area contributed by atoms with Gasteiger partial charge in [0, 0.05) is 34.7 Å². The third kappa shape index (κ3) is 5.44. The van der Waals surface area contributed by atoms with Crippen LogP contribution in [-0.2, 0) is 12.8 Å². The van der Waals surface area contributed by atoms with Gasteiger partial charge in [0.1, 0.15) is 0 Å². The van der Waals surface area contributed by atoms with Gasteiger partial charge in [-0.15, -0.1) is 0 Å². The van der Waals surface area contributed by atoms with E-state index in [-0.39, 0.29) is 0 Å². The van der Waals surface area contributed by atoms with E-state index in [2.05, 4.69) is 187 Å². The summed E-state index contributed by atoms with van der Waals surface area (Å²) >= 11 is 0. The third-order valence-electron chi connectivity index (χ3n) is 12.8. The van der Waals surface area contributed by atoms with E-state index in [1.54, 1.807) is 0 Å². The number of benzene rings is 5. The number of nitrogens with zero attached hydrogens (tertiary/aromatic N) is 1. The Morgan fingerprint density at radius 3 is 2.27 bits per heavy atom. The number of hydrogen-bond donors (Lipinski definition) is 0. The minimum Gasteiger partial charge on any atom is -0.313 e. The Bertz CT molecular complexity index is 2790. The Hall–Kier alpha value is -6.18. The van der Waals surface area contributed by atoms with Gasteiger partial charge in [-0.3, -0.25) is 0 Å². The fourth-order valence-electron chi connectivity index (χ4n) is 10.1. The van der Waals surface area contributed by atoms with Gasteiger partial charge in [-0.25, -0.2) is 0 Å². The first kappa shape index (κ1) is 32.3. The monoisotopic (exact) mass is 705 g/mol. The van der Waals surface area contributed by atoms with Gasteiger partial charge in [-0.2, -0.15) is 0 Å². The third-order valence-corrected chi connectivity index (χ3v) is 12.8. The molecule has 5 aromatic carbocycles. The molecule has 3 atom stereocenters. The van der Waals surface area contributed by atoms with Crippen molar-refractivity contribution in [3.63, 3.8) is 0 Å². The van der Waals surface area contributed by atoms with Crippen LogP contribution in [0.5, 0.6) is 0 Å². The topological polar surface area (TPSA) is 3.24 Å². The lowest BCUT2D eigenvalue weighted by Gasteiger charge is -2.39. The highest BCUT2D eigenvalue weighted by molar-refractivity contribution is 6.03. The van der Waals surface area contributed by atoms with Crippen molar-refractivity contribution in [2.24, 2.45) is 17.8 Å². The van der Waals surface area contributed by atoms with E-state index < -0.39 is 0 Å². The van der Waals surface area contributed by atoms with Gasteiger partial charge < -0.3 is 4.90 Å². The van der Waals surface area contributed by atoms with Crippen LogP contribution in [0.25, 0.3) is 45.3 Å². The highest BCUT2D eigenvalue weighted by Gasteiger charge is 2.33. The molecule has 11 rings (SSSR count). The zero-order chi connectivity index (χ0) is 36.3. The van der Waals surface area contributed by atoms with E-state index in [1.807, 2.05) is 0 Å². The van der Waals surface area contributed by atoms with Gasteiger partial charge in [0.2, 0.25) is 0 Å². The largest absolute Gasteiger partial charge is 0.313 e. The minimum absolute atomic E-state index is 0.354. The lowest BCUT2D eigenvalue weighted by molar-refractivity contribution is 0.635. The lowest BCUT2D eigenvalue weighted by atomic mass is 9.73. The zero-order valence-electron chi connectivity index (χ0n) is 31.0. The van der Waals surface area contributed by atoms with E-state index in [9.17, 15) is 0 Å². The molecule has 6 aliphatic rings. The van der Waals surface area contributed by atoms with Crippen LogP contribution in [0.1, 0.15) is 41.5 Å². The maximum atomic E-state index is 2.61. The molecule has 6 aliphatic carbocycles. The number of rotatable bonds is 5. The van der Waals surface area contributed by atoms with Crippen molar-refractivity contribution >= 4 is 39.9 Å². The van der Waals surface area contributed by atoms with E-state index in [0.717, 1.165) is 32.1 Å². The quantitative estimate of drug-likeness (QED) is 0.176. The molecule has 0 aromatic heterocycles. The van der Waals surface area contributed by atoms with Gasteiger partial charge in [0.05, 0.1) is 5.70 Å². The van der Waals surface area contributed by atoms with Crippen molar-refractivity contribution in [2.75, 3.05) is 4.90 Å². The molecule has 0 spiro atoms. The molecular formula is C54H43N. The smallest absolute Gasteiger partial charge is 0.0571 e. The standard InChI is InChI=1S/C54H43N/c1-5-17-44-40(15-1)34-52(50-23-11-9-21-48(44)50)36-25-29-42(30-26-36)55(54-46-19-7-3-13-38(46)33-39-14-4-8-20-47(39)54)43-31-27-37(28-32-43)53-35-41-16-2-6-18-45(41)49-22-10-12-24-51(49)53/h1,3-15,17-25,27-29,31-32,34-35,38,50,52H,2,16,26,30,33H2/t38?,50-,52?/m1/s1. The molecule has 1 nitrogen and oxygen atoms in total. The number of aryl methyl sites for hydroxylation is 1. The molecule has 0 amide bonds. The summed E-state index contributed by atoms with van der Waals surface area (Å²) in [4.78, 5) is 2.61. The predicted molar refractivity (Wildman–Crippen MR) is 232 cm³/mol. The molecule has 2 unspecified atom stereocenters. The van der Waals surface area contributed by atoms with Crippen molar-refractivity contribution in [3.8, 4) is 11.1 Å². The number of fused-ring (bicyclic) bond motifs is 7. The summed E-state index contributed by atoms with van der Waals surface area (Å²) in [6.45, 7) is 0. The van der Waals surface area contributed by atoms with E-state index in [0.29, 0.717) is 17.8 Å². The highest BCUT2D eigenvalue weighted by atomic mass is 15.2. The average molecular weight is 706 g/mol. The number of hydrogen-bond acceptors (Lipinski definition) is 1. The summed E-state index contributed by atoms with van der Waals surface area (Å²) in [5, 5.41) is 5.40. The first-order valence-corrected chi connectivity index (χ1v) is 20.1. The van der Waals surface area contributed by atoms with Crippen LogP contribution in [0.4, 0.5) is 5.69 Å². The molecule has 264 valence electrons. The van der Waals surface area contributed by atoms with E-state index >= 15 is 0 Å². The first-order chi connectivity index (χ1) is 27.3. The molecule has 0 heterocycles. The number of anilines is 1. The summed E-state index contributed by atoms with van der Waals surface area (Å²) in [5.41, 5.74) is 16.5. The fraction of sp³-hybridized carbons (Fsp3) is 0.148. The molecule has 55 heavy (non-hydrogen) atoms. The fourth-order valence-corrected chi connectivity index (χ4v) is 10.1. The minimum atomic E-state index is 0.354. The maximum absolute atomic E-state index is 2.61. The van der Waals surface area contributed by atoms with Crippen molar-refractivity contribution in [1.29, 1.82) is 0 Å². The van der Waals surface area contributed by atoms with Gasteiger partial charge in [-0.05, 0) is 117 Å². The second-order valence-electron chi connectivity index (χ2n) is 15.8. The molecule has 0 radical (unpaired) electrons. The molecule has 0 N–H and O–H groups in total. The summed E-state index contributed by atoms with van der Waals surface area (Å²) in [6.07, 6.45) is 35.7. The molecule has 0 bridgehead atoms. The van der Waals surface area contributed by atoms with E-state index in [1.165, 1.54) is 88.4 Å². The molecule has 0 saturated heterocycles. The predicted octanol–water partition coefficient (Wildman–Crippen LogP) is 11.6. The van der Waals surface area contributed by atoms with Gasteiger partial charge in [0.25, 0.3) is 0 Å². The van der Waals surface area contributed by atoms with Crippen molar-refractivity contribution in [2.45, 2.75) is 32.1 Å². The SMILES string of the molecule is C1=CC2=C(N(C3=CC=C(C4C=c5ccccc5=C5C=CC=C[C@H]54)CC3)c3ccc(-c4cc5c(c6ccccc46)C=CCC5)cc3)c3ccccc3CC2C=C1. The van der Waals surface area contributed by atoms with Crippen LogP contribution in [0.3, 0.4) is 0 Å². The highest BCUT2D eigenvalue weighted by Crippen LogP contribution is 2.46. The molecule has 0 aliphatic heterocycles. The summed E-state index contributed by atoms with van der Waals surface area (Å²) in [5.74, 6) is 1.09. The maximum Gasteiger partial charge on any atom is 0.0571 e. The summed E-state index contributed by atoms with van der Waals surface area (Å²) in [6, 6.07) is 38.9. The van der Waals surface area contributed by atoms with Gasteiger partial charge in [0.15, 0.2) is 0 Å². The Morgan fingerprint density at radius 1 is 0.582 bits per heavy atom. The Balaban J connectivity index is 1.05.